The molecule has 112 valence electrons. The second-order valence-corrected chi connectivity index (χ2v) is 4.96. The molecule has 0 spiro atoms. The predicted octanol–water partition coefficient (Wildman–Crippen LogP) is 3.20. The first-order valence-corrected chi connectivity index (χ1v) is 6.36. The molecule has 0 saturated carbocycles. The van der Waals surface area contributed by atoms with Crippen molar-refractivity contribution in [3.05, 3.63) is 59.2 Å². The van der Waals surface area contributed by atoms with Gasteiger partial charge in [0.2, 0.25) is 0 Å². The molecule has 0 aliphatic heterocycles. The van der Waals surface area contributed by atoms with E-state index in [1.54, 1.807) is 25.1 Å². The molecule has 3 nitrogen and oxygen atoms in total. The summed E-state index contributed by atoms with van der Waals surface area (Å²) in [5.74, 6) is -0.233. The zero-order chi connectivity index (χ0) is 15.6. The van der Waals surface area contributed by atoms with Gasteiger partial charge in [0.1, 0.15) is 23.1 Å². The van der Waals surface area contributed by atoms with Crippen LogP contribution < -0.4 is 15.2 Å². The summed E-state index contributed by atoms with van der Waals surface area (Å²) < 4.78 is 37.2. The largest absolute Gasteiger partial charge is 0.497 e. The number of hydrogen-bond donors (Lipinski definition) is 1. The van der Waals surface area contributed by atoms with Gasteiger partial charge in [-0.25, -0.2) is 8.78 Å². The van der Waals surface area contributed by atoms with Crippen molar-refractivity contribution in [3.63, 3.8) is 0 Å². The lowest BCUT2D eigenvalue weighted by molar-refractivity contribution is 0.391. The van der Waals surface area contributed by atoms with E-state index in [1.165, 1.54) is 26.4 Å². The van der Waals surface area contributed by atoms with Crippen LogP contribution >= 0.6 is 0 Å². The zero-order valence-electron chi connectivity index (χ0n) is 12.1. The molecule has 0 saturated heterocycles. The smallest absolute Gasteiger partial charge is 0.126 e. The average Bonchev–Trinajstić information content (AvgIpc) is 2.45. The molecule has 1 atom stereocenters. The summed E-state index contributed by atoms with van der Waals surface area (Å²) in [6.45, 7) is 1.68. The van der Waals surface area contributed by atoms with Gasteiger partial charge in [0.25, 0.3) is 0 Å². The van der Waals surface area contributed by atoms with Gasteiger partial charge in [-0.05, 0) is 42.3 Å². The topological polar surface area (TPSA) is 44.5 Å². The Hall–Kier alpha value is -2.14. The van der Waals surface area contributed by atoms with Crippen LogP contribution in [0.4, 0.5) is 8.78 Å². The van der Waals surface area contributed by atoms with Gasteiger partial charge in [0.05, 0.1) is 19.8 Å². The van der Waals surface area contributed by atoms with Crippen molar-refractivity contribution in [2.45, 2.75) is 12.5 Å². The van der Waals surface area contributed by atoms with E-state index in [1.807, 2.05) is 0 Å². The lowest BCUT2D eigenvalue weighted by atomic mass is 9.85. The Kier molecular flexibility index (Phi) is 4.14. The molecule has 2 aromatic carbocycles. The van der Waals surface area contributed by atoms with E-state index in [-0.39, 0.29) is 0 Å². The van der Waals surface area contributed by atoms with E-state index in [4.69, 9.17) is 15.2 Å². The highest BCUT2D eigenvalue weighted by Gasteiger charge is 2.26. The molecule has 2 rings (SSSR count). The van der Waals surface area contributed by atoms with Crippen molar-refractivity contribution in [1.82, 2.24) is 0 Å². The summed E-state index contributed by atoms with van der Waals surface area (Å²) in [4.78, 5) is 0. The van der Waals surface area contributed by atoms with Crippen LogP contribution in [0.3, 0.4) is 0 Å². The quantitative estimate of drug-likeness (QED) is 0.941. The summed E-state index contributed by atoms with van der Waals surface area (Å²) in [5, 5.41) is 0. The van der Waals surface area contributed by atoms with Crippen LogP contribution in [-0.2, 0) is 5.54 Å². The van der Waals surface area contributed by atoms with Crippen LogP contribution in [0.15, 0.2) is 36.4 Å². The monoisotopic (exact) mass is 293 g/mol. The second-order valence-electron chi connectivity index (χ2n) is 4.96. The highest BCUT2D eigenvalue weighted by atomic mass is 19.1. The Morgan fingerprint density at radius 1 is 0.810 bits per heavy atom. The Morgan fingerprint density at radius 3 is 1.67 bits per heavy atom. The zero-order valence-corrected chi connectivity index (χ0v) is 12.1. The highest BCUT2D eigenvalue weighted by molar-refractivity contribution is 5.46. The van der Waals surface area contributed by atoms with Gasteiger partial charge >= 0.3 is 0 Å². The molecule has 0 heterocycles. The third kappa shape index (κ3) is 3.13. The highest BCUT2D eigenvalue weighted by Crippen LogP contribution is 2.33. The summed E-state index contributed by atoms with van der Waals surface area (Å²) >= 11 is 0. The third-order valence-corrected chi connectivity index (χ3v) is 3.41. The number of methoxy groups -OCH3 is 2. The number of ether oxygens (including phenoxy) is 2. The van der Waals surface area contributed by atoms with E-state index in [0.717, 1.165) is 6.07 Å². The summed E-state index contributed by atoms with van der Waals surface area (Å²) in [6.07, 6.45) is 0. The van der Waals surface area contributed by atoms with E-state index in [0.29, 0.717) is 22.6 Å². The van der Waals surface area contributed by atoms with Gasteiger partial charge in [-0.15, -0.1) is 0 Å². The van der Waals surface area contributed by atoms with Gasteiger partial charge < -0.3 is 15.2 Å². The van der Waals surface area contributed by atoms with E-state index >= 15 is 0 Å². The standard InChI is InChI=1S/C16H17F2NO2/c1-16(19,10-4-12(17)8-13(18)5-10)11-6-14(20-2)9-15(7-11)21-3/h4-9H,19H2,1-3H3. The van der Waals surface area contributed by atoms with Gasteiger partial charge in [-0.3, -0.25) is 0 Å². The molecule has 0 amide bonds. The Balaban J connectivity index is 2.56. The minimum absolute atomic E-state index is 0.329. The molecule has 0 aliphatic rings. The van der Waals surface area contributed by atoms with Crippen molar-refractivity contribution in [1.29, 1.82) is 0 Å². The van der Waals surface area contributed by atoms with Crippen molar-refractivity contribution >= 4 is 0 Å². The SMILES string of the molecule is COc1cc(OC)cc(C(C)(N)c2cc(F)cc(F)c2)c1. The first kappa shape index (κ1) is 15.3. The maximum Gasteiger partial charge on any atom is 0.126 e. The molecule has 2 aromatic rings. The maximum atomic E-state index is 13.4. The van der Waals surface area contributed by atoms with Crippen molar-refractivity contribution in [2.75, 3.05) is 14.2 Å². The number of benzene rings is 2. The van der Waals surface area contributed by atoms with E-state index < -0.39 is 17.2 Å². The number of hydrogen-bond acceptors (Lipinski definition) is 3. The second kappa shape index (κ2) is 5.69. The Labute approximate surface area is 122 Å². The average molecular weight is 293 g/mol. The van der Waals surface area contributed by atoms with E-state index in [9.17, 15) is 8.78 Å². The van der Waals surface area contributed by atoms with Gasteiger partial charge in [0.15, 0.2) is 0 Å². The Morgan fingerprint density at radius 2 is 1.24 bits per heavy atom. The predicted molar refractivity (Wildman–Crippen MR) is 76.5 cm³/mol. The summed E-state index contributed by atoms with van der Waals surface area (Å²) in [7, 11) is 3.04. The molecule has 0 radical (unpaired) electrons. The molecule has 2 N–H and O–H groups in total. The molecule has 1 unspecified atom stereocenters. The third-order valence-electron chi connectivity index (χ3n) is 3.41. The fourth-order valence-electron chi connectivity index (χ4n) is 2.13. The van der Waals surface area contributed by atoms with Gasteiger partial charge in [-0.2, -0.15) is 0 Å². The first-order valence-electron chi connectivity index (χ1n) is 6.36. The number of halogens is 2. The molecule has 0 aromatic heterocycles. The molecule has 21 heavy (non-hydrogen) atoms. The van der Waals surface area contributed by atoms with Crippen LogP contribution in [0.1, 0.15) is 18.1 Å². The van der Waals surface area contributed by atoms with Crippen molar-refractivity contribution in [2.24, 2.45) is 5.73 Å². The normalized spacial score (nSPS) is 13.6. The molecular weight excluding hydrogens is 276 g/mol. The minimum Gasteiger partial charge on any atom is -0.497 e. The maximum absolute atomic E-state index is 13.4. The minimum atomic E-state index is -1.09. The fourth-order valence-corrected chi connectivity index (χ4v) is 2.13. The first-order chi connectivity index (χ1) is 9.86. The van der Waals surface area contributed by atoms with Crippen molar-refractivity contribution in [3.8, 4) is 11.5 Å². The van der Waals surface area contributed by atoms with E-state index in [2.05, 4.69) is 0 Å². The molecule has 5 heteroatoms. The summed E-state index contributed by atoms with van der Waals surface area (Å²) in [5.41, 5.74) is 6.16. The lowest BCUT2D eigenvalue weighted by Gasteiger charge is -2.27. The van der Waals surface area contributed by atoms with Gasteiger partial charge in [0, 0.05) is 12.1 Å². The van der Waals surface area contributed by atoms with Crippen molar-refractivity contribution < 1.29 is 18.3 Å². The molecule has 0 fully saturated rings. The lowest BCUT2D eigenvalue weighted by Crippen LogP contribution is -2.34. The summed E-state index contributed by atoms with van der Waals surface area (Å²) in [6, 6.07) is 8.37. The van der Waals surface area contributed by atoms with Crippen LogP contribution in [0.2, 0.25) is 0 Å². The van der Waals surface area contributed by atoms with Crippen LogP contribution in [0, 0.1) is 11.6 Å². The van der Waals surface area contributed by atoms with Crippen LogP contribution in [-0.4, -0.2) is 14.2 Å². The number of nitrogens with two attached hydrogens (primary N) is 1. The Bertz CT molecular complexity index is 614. The number of rotatable bonds is 4. The molecule has 0 bridgehead atoms. The van der Waals surface area contributed by atoms with Crippen LogP contribution in [0.5, 0.6) is 11.5 Å². The van der Waals surface area contributed by atoms with Gasteiger partial charge in [-0.1, -0.05) is 0 Å². The van der Waals surface area contributed by atoms with Crippen LogP contribution in [0.25, 0.3) is 0 Å². The molecule has 0 aliphatic carbocycles. The fraction of sp³-hybridized carbons (Fsp3) is 0.250. The molecular formula is C16H17F2NO2.